The largest absolute Gasteiger partial charge is 0.465 e. The molecule has 0 aromatic heterocycles. The number of ether oxygens (including phenoxy) is 2. The highest BCUT2D eigenvalue weighted by atomic mass is 16.5. The Morgan fingerprint density at radius 3 is 2.08 bits per heavy atom. The summed E-state index contributed by atoms with van der Waals surface area (Å²) in [4.78, 5) is 11.7. The Labute approximate surface area is 150 Å². The Bertz CT molecular complexity index is 278. The third-order valence-electron chi connectivity index (χ3n) is 4.87. The van der Waals surface area contributed by atoms with E-state index in [1.807, 2.05) is 0 Å². The first-order valence-corrected chi connectivity index (χ1v) is 10.4. The number of rotatable bonds is 17. The lowest BCUT2D eigenvalue weighted by atomic mass is 9.98. The average Bonchev–Trinajstić information content (AvgIpc) is 2.59. The second-order valence-electron chi connectivity index (χ2n) is 7.02. The zero-order chi connectivity index (χ0) is 18.0. The lowest BCUT2D eigenvalue weighted by Gasteiger charge is -2.14. The van der Waals surface area contributed by atoms with Crippen molar-refractivity contribution in [2.24, 2.45) is 11.8 Å². The van der Waals surface area contributed by atoms with Crippen molar-refractivity contribution in [2.45, 2.75) is 98.3 Å². The van der Waals surface area contributed by atoms with Gasteiger partial charge in [0.05, 0.1) is 6.61 Å². The molecule has 0 amide bonds. The van der Waals surface area contributed by atoms with Crippen LogP contribution in [0.5, 0.6) is 0 Å². The standard InChI is InChI=1S/C21H42O3/c1-5-12-19(7-3)15-17-23-16-11-9-10-14-21(22)24-18-20(8-4)13-6-2/h19-20H,5-18H2,1-4H3. The third-order valence-corrected chi connectivity index (χ3v) is 4.87. The first kappa shape index (κ1) is 23.4. The maximum absolute atomic E-state index is 11.7. The van der Waals surface area contributed by atoms with Crippen LogP contribution < -0.4 is 0 Å². The molecule has 0 aliphatic heterocycles. The number of hydrogen-bond donors (Lipinski definition) is 0. The van der Waals surface area contributed by atoms with Crippen molar-refractivity contribution in [1.29, 1.82) is 0 Å². The summed E-state index contributed by atoms with van der Waals surface area (Å²) in [6.07, 6.45) is 12.0. The molecule has 144 valence electrons. The van der Waals surface area contributed by atoms with Gasteiger partial charge in [0.2, 0.25) is 0 Å². The molecule has 0 aliphatic rings. The van der Waals surface area contributed by atoms with Gasteiger partial charge in [0, 0.05) is 19.6 Å². The molecular weight excluding hydrogens is 300 g/mol. The van der Waals surface area contributed by atoms with Crippen molar-refractivity contribution in [2.75, 3.05) is 19.8 Å². The van der Waals surface area contributed by atoms with Gasteiger partial charge in [-0.1, -0.05) is 66.2 Å². The molecule has 24 heavy (non-hydrogen) atoms. The zero-order valence-electron chi connectivity index (χ0n) is 16.8. The van der Waals surface area contributed by atoms with Crippen LogP contribution >= 0.6 is 0 Å². The van der Waals surface area contributed by atoms with E-state index >= 15 is 0 Å². The van der Waals surface area contributed by atoms with Crippen molar-refractivity contribution in [1.82, 2.24) is 0 Å². The highest BCUT2D eigenvalue weighted by molar-refractivity contribution is 5.69. The molecule has 2 unspecified atom stereocenters. The third kappa shape index (κ3) is 13.8. The first-order valence-electron chi connectivity index (χ1n) is 10.4. The van der Waals surface area contributed by atoms with Gasteiger partial charge in [-0.25, -0.2) is 0 Å². The van der Waals surface area contributed by atoms with Gasteiger partial charge in [0.25, 0.3) is 0 Å². The van der Waals surface area contributed by atoms with E-state index in [0.717, 1.165) is 57.7 Å². The molecule has 0 spiro atoms. The van der Waals surface area contributed by atoms with Crippen LogP contribution in [0.1, 0.15) is 98.3 Å². The molecule has 2 atom stereocenters. The smallest absolute Gasteiger partial charge is 0.305 e. The van der Waals surface area contributed by atoms with Gasteiger partial charge in [0.15, 0.2) is 0 Å². The van der Waals surface area contributed by atoms with E-state index in [-0.39, 0.29) is 5.97 Å². The number of carbonyl (C=O) groups excluding carboxylic acids is 1. The molecule has 0 aromatic carbocycles. The highest BCUT2D eigenvalue weighted by Crippen LogP contribution is 2.15. The summed E-state index contributed by atoms with van der Waals surface area (Å²) in [5, 5.41) is 0. The highest BCUT2D eigenvalue weighted by Gasteiger charge is 2.09. The monoisotopic (exact) mass is 342 g/mol. The van der Waals surface area contributed by atoms with Crippen LogP contribution in [-0.2, 0) is 14.3 Å². The molecule has 0 heterocycles. The summed E-state index contributed by atoms with van der Waals surface area (Å²) in [6.45, 7) is 11.2. The van der Waals surface area contributed by atoms with Crippen molar-refractivity contribution in [3.05, 3.63) is 0 Å². The van der Waals surface area contributed by atoms with E-state index < -0.39 is 0 Å². The molecule has 0 aliphatic carbocycles. The minimum Gasteiger partial charge on any atom is -0.465 e. The average molecular weight is 343 g/mol. The minimum absolute atomic E-state index is 0.0316. The van der Waals surface area contributed by atoms with E-state index in [1.165, 1.54) is 25.7 Å². The van der Waals surface area contributed by atoms with Crippen LogP contribution in [0.25, 0.3) is 0 Å². The fraction of sp³-hybridized carbons (Fsp3) is 0.952. The summed E-state index contributed by atoms with van der Waals surface area (Å²) in [7, 11) is 0. The van der Waals surface area contributed by atoms with E-state index in [9.17, 15) is 4.79 Å². The molecule has 0 radical (unpaired) electrons. The first-order chi connectivity index (χ1) is 11.7. The predicted molar refractivity (Wildman–Crippen MR) is 102 cm³/mol. The number of unbranched alkanes of at least 4 members (excludes halogenated alkanes) is 2. The fourth-order valence-corrected chi connectivity index (χ4v) is 3.06. The van der Waals surface area contributed by atoms with Gasteiger partial charge in [-0.2, -0.15) is 0 Å². The SMILES string of the molecule is CCCC(CC)CCOCCCCCC(=O)OCC(CC)CCC. The zero-order valence-corrected chi connectivity index (χ0v) is 16.8. The molecule has 0 aromatic rings. The molecule has 0 fully saturated rings. The molecule has 0 N–H and O–H groups in total. The van der Waals surface area contributed by atoms with E-state index in [0.29, 0.717) is 18.9 Å². The van der Waals surface area contributed by atoms with Crippen molar-refractivity contribution in [3.8, 4) is 0 Å². The van der Waals surface area contributed by atoms with Gasteiger partial charge >= 0.3 is 5.97 Å². The van der Waals surface area contributed by atoms with E-state index in [1.54, 1.807) is 0 Å². The van der Waals surface area contributed by atoms with Gasteiger partial charge in [-0.15, -0.1) is 0 Å². The molecule has 0 rings (SSSR count). The van der Waals surface area contributed by atoms with Gasteiger partial charge in [0.1, 0.15) is 0 Å². The maximum atomic E-state index is 11.7. The van der Waals surface area contributed by atoms with Crippen LogP contribution in [-0.4, -0.2) is 25.8 Å². The van der Waals surface area contributed by atoms with Crippen LogP contribution in [0.4, 0.5) is 0 Å². The fourth-order valence-electron chi connectivity index (χ4n) is 3.06. The summed E-state index contributed by atoms with van der Waals surface area (Å²) in [5.74, 6) is 1.33. The van der Waals surface area contributed by atoms with Crippen LogP contribution in [0.2, 0.25) is 0 Å². The maximum Gasteiger partial charge on any atom is 0.305 e. The second-order valence-corrected chi connectivity index (χ2v) is 7.02. The van der Waals surface area contributed by atoms with E-state index in [2.05, 4.69) is 27.7 Å². The Kier molecular flexibility index (Phi) is 16.8. The van der Waals surface area contributed by atoms with Gasteiger partial charge in [-0.3, -0.25) is 4.79 Å². The summed E-state index contributed by atoms with van der Waals surface area (Å²) in [5.41, 5.74) is 0. The van der Waals surface area contributed by atoms with E-state index in [4.69, 9.17) is 9.47 Å². The van der Waals surface area contributed by atoms with Crippen LogP contribution in [0.15, 0.2) is 0 Å². The number of hydrogen-bond acceptors (Lipinski definition) is 3. The van der Waals surface area contributed by atoms with Crippen molar-refractivity contribution >= 4 is 5.97 Å². The molecule has 0 saturated heterocycles. The van der Waals surface area contributed by atoms with Crippen LogP contribution in [0, 0.1) is 11.8 Å². The van der Waals surface area contributed by atoms with Gasteiger partial charge < -0.3 is 9.47 Å². The number of esters is 1. The number of carbonyl (C=O) groups is 1. The summed E-state index contributed by atoms with van der Waals surface area (Å²) >= 11 is 0. The normalized spacial score (nSPS) is 13.7. The Balaban J connectivity index is 3.44. The van der Waals surface area contributed by atoms with Crippen molar-refractivity contribution < 1.29 is 14.3 Å². The minimum atomic E-state index is -0.0316. The Hall–Kier alpha value is -0.570. The lowest BCUT2D eigenvalue weighted by molar-refractivity contribution is -0.145. The van der Waals surface area contributed by atoms with Gasteiger partial charge in [-0.05, 0) is 37.5 Å². The Morgan fingerprint density at radius 2 is 1.46 bits per heavy atom. The summed E-state index contributed by atoms with van der Waals surface area (Å²) in [6, 6.07) is 0. The molecule has 0 bridgehead atoms. The molecule has 3 nitrogen and oxygen atoms in total. The molecule has 0 saturated carbocycles. The Morgan fingerprint density at radius 1 is 0.792 bits per heavy atom. The lowest BCUT2D eigenvalue weighted by Crippen LogP contribution is -2.13. The second kappa shape index (κ2) is 17.3. The van der Waals surface area contributed by atoms with Crippen LogP contribution in [0.3, 0.4) is 0 Å². The molecule has 3 heteroatoms. The predicted octanol–water partition coefficient (Wildman–Crippen LogP) is 6.15. The summed E-state index contributed by atoms with van der Waals surface area (Å²) < 4.78 is 11.1. The molecular formula is C21H42O3. The van der Waals surface area contributed by atoms with Crippen molar-refractivity contribution in [3.63, 3.8) is 0 Å². The topological polar surface area (TPSA) is 35.5 Å². The quantitative estimate of drug-likeness (QED) is 0.235.